The zero-order chi connectivity index (χ0) is 17.8. The van der Waals surface area contributed by atoms with E-state index in [0.29, 0.717) is 6.54 Å². The summed E-state index contributed by atoms with van der Waals surface area (Å²) in [5.74, 6) is 1.94. The van der Waals surface area contributed by atoms with Crippen molar-refractivity contribution in [2.45, 2.75) is 31.4 Å². The molecule has 1 saturated heterocycles. The minimum atomic E-state index is -0.110. The van der Waals surface area contributed by atoms with Crippen LogP contribution in [0.4, 0.5) is 10.6 Å². The number of urea groups is 1. The van der Waals surface area contributed by atoms with Gasteiger partial charge in [0.05, 0.1) is 6.54 Å². The maximum absolute atomic E-state index is 12.2. The van der Waals surface area contributed by atoms with Crippen molar-refractivity contribution in [3.05, 3.63) is 54.2 Å². The molecule has 6 nitrogen and oxygen atoms in total. The minimum absolute atomic E-state index is 0.0177. The van der Waals surface area contributed by atoms with E-state index in [-0.39, 0.29) is 18.2 Å². The Morgan fingerprint density at radius 2 is 1.96 bits per heavy atom. The number of pyridine rings is 1. The summed E-state index contributed by atoms with van der Waals surface area (Å²) >= 11 is 0. The number of aromatic nitrogens is 1. The van der Waals surface area contributed by atoms with Crippen LogP contribution in [0.3, 0.4) is 0 Å². The van der Waals surface area contributed by atoms with Crippen molar-refractivity contribution in [3.8, 4) is 5.75 Å². The van der Waals surface area contributed by atoms with E-state index in [1.165, 1.54) is 5.56 Å². The first kappa shape index (κ1) is 16.7. The van der Waals surface area contributed by atoms with Gasteiger partial charge in [0, 0.05) is 31.7 Å². The number of para-hydroxylation sites is 1. The average Bonchev–Trinajstić information content (AvgIpc) is 3.11. The number of ether oxygens (including phenoxy) is 1. The van der Waals surface area contributed by atoms with Crippen molar-refractivity contribution < 1.29 is 9.53 Å². The molecule has 1 unspecified atom stereocenters. The molecule has 26 heavy (non-hydrogen) atoms. The summed E-state index contributed by atoms with van der Waals surface area (Å²) in [7, 11) is 0. The van der Waals surface area contributed by atoms with Gasteiger partial charge >= 0.3 is 6.03 Å². The molecule has 136 valence electrons. The van der Waals surface area contributed by atoms with Crippen molar-refractivity contribution in [1.82, 2.24) is 15.6 Å². The summed E-state index contributed by atoms with van der Waals surface area (Å²) < 4.78 is 5.85. The number of carbonyl (C=O) groups is 1. The van der Waals surface area contributed by atoms with Crippen molar-refractivity contribution in [1.29, 1.82) is 0 Å². The summed E-state index contributed by atoms with van der Waals surface area (Å²) in [5.41, 5.74) is 1.21. The summed E-state index contributed by atoms with van der Waals surface area (Å²) in [6.07, 6.45) is 4.53. The topological polar surface area (TPSA) is 66.5 Å². The Labute approximate surface area is 153 Å². The molecular weight excluding hydrogens is 328 g/mol. The maximum atomic E-state index is 12.2. The van der Waals surface area contributed by atoms with Gasteiger partial charge in [-0.1, -0.05) is 24.3 Å². The molecule has 0 spiro atoms. The van der Waals surface area contributed by atoms with Gasteiger partial charge < -0.3 is 20.3 Å². The SMILES string of the molecule is O=C(NCC1Cc2ccccc2O1)NC1CCN(c2ccccn2)CC1. The van der Waals surface area contributed by atoms with Gasteiger partial charge in [0.1, 0.15) is 17.7 Å². The van der Waals surface area contributed by atoms with Gasteiger partial charge in [-0.25, -0.2) is 9.78 Å². The Morgan fingerprint density at radius 1 is 1.15 bits per heavy atom. The number of rotatable bonds is 4. The zero-order valence-corrected chi connectivity index (χ0v) is 14.7. The predicted octanol–water partition coefficient (Wildman–Crippen LogP) is 2.35. The zero-order valence-electron chi connectivity index (χ0n) is 14.7. The molecule has 4 rings (SSSR count). The maximum Gasteiger partial charge on any atom is 0.315 e. The number of piperidine rings is 1. The molecule has 1 fully saturated rings. The Balaban J connectivity index is 1.18. The molecule has 2 aliphatic rings. The van der Waals surface area contributed by atoms with Gasteiger partial charge in [-0.15, -0.1) is 0 Å². The van der Waals surface area contributed by atoms with E-state index < -0.39 is 0 Å². The van der Waals surface area contributed by atoms with E-state index in [2.05, 4.69) is 26.6 Å². The number of anilines is 1. The van der Waals surface area contributed by atoms with E-state index in [1.54, 1.807) is 0 Å². The lowest BCUT2D eigenvalue weighted by molar-refractivity contribution is 0.210. The predicted molar refractivity (Wildman–Crippen MR) is 101 cm³/mol. The fraction of sp³-hybridized carbons (Fsp3) is 0.400. The van der Waals surface area contributed by atoms with Gasteiger partial charge in [-0.2, -0.15) is 0 Å². The van der Waals surface area contributed by atoms with Crippen molar-refractivity contribution >= 4 is 11.8 Å². The molecular formula is C20H24N4O2. The lowest BCUT2D eigenvalue weighted by Gasteiger charge is -2.33. The van der Waals surface area contributed by atoms with Crippen LogP contribution in [-0.4, -0.2) is 42.8 Å². The first-order valence-electron chi connectivity index (χ1n) is 9.23. The molecule has 1 atom stereocenters. The van der Waals surface area contributed by atoms with Crippen LogP contribution in [0.25, 0.3) is 0 Å². The second-order valence-corrected chi connectivity index (χ2v) is 6.86. The molecule has 2 aromatic rings. The molecule has 0 bridgehead atoms. The molecule has 2 N–H and O–H groups in total. The Morgan fingerprint density at radius 3 is 2.73 bits per heavy atom. The van der Waals surface area contributed by atoms with Crippen LogP contribution >= 0.6 is 0 Å². The third-order valence-corrected chi connectivity index (χ3v) is 5.01. The van der Waals surface area contributed by atoms with Gasteiger partial charge in [-0.3, -0.25) is 0 Å². The molecule has 0 saturated carbocycles. The smallest absolute Gasteiger partial charge is 0.315 e. The third kappa shape index (κ3) is 3.90. The highest BCUT2D eigenvalue weighted by molar-refractivity contribution is 5.74. The Hall–Kier alpha value is -2.76. The number of nitrogens with one attached hydrogen (secondary N) is 2. The van der Waals surface area contributed by atoms with Crippen molar-refractivity contribution in [2.75, 3.05) is 24.5 Å². The molecule has 1 aromatic carbocycles. The molecule has 6 heteroatoms. The molecule has 2 amide bonds. The first-order valence-corrected chi connectivity index (χ1v) is 9.23. The molecule has 0 aliphatic carbocycles. The molecule has 1 aromatic heterocycles. The lowest BCUT2D eigenvalue weighted by Crippen LogP contribution is -2.49. The Bertz CT molecular complexity index is 719. The fourth-order valence-electron chi connectivity index (χ4n) is 3.60. The average molecular weight is 352 g/mol. The van der Waals surface area contributed by atoms with Crippen LogP contribution in [0.15, 0.2) is 48.7 Å². The molecule has 0 radical (unpaired) electrons. The van der Waals surface area contributed by atoms with Gasteiger partial charge in [0.15, 0.2) is 0 Å². The number of nitrogens with zero attached hydrogens (tertiary/aromatic N) is 2. The molecule has 3 heterocycles. The van der Waals surface area contributed by atoms with Gasteiger partial charge in [-0.05, 0) is 36.6 Å². The number of fused-ring (bicyclic) bond motifs is 1. The fourth-order valence-corrected chi connectivity index (χ4v) is 3.60. The quantitative estimate of drug-likeness (QED) is 0.886. The molecule has 2 aliphatic heterocycles. The monoisotopic (exact) mass is 352 g/mol. The van der Waals surface area contributed by atoms with E-state index in [9.17, 15) is 4.79 Å². The van der Waals surface area contributed by atoms with Crippen LogP contribution in [0.1, 0.15) is 18.4 Å². The highest BCUT2D eigenvalue weighted by Gasteiger charge is 2.24. The van der Waals surface area contributed by atoms with Crippen LogP contribution in [-0.2, 0) is 6.42 Å². The second-order valence-electron chi connectivity index (χ2n) is 6.86. The van der Waals surface area contributed by atoms with Crippen molar-refractivity contribution in [2.24, 2.45) is 0 Å². The van der Waals surface area contributed by atoms with Crippen LogP contribution < -0.4 is 20.3 Å². The van der Waals surface area contributed by atoms with E-state index in [1.807, 2.05) is 42.6 Å². The standard InChI is InChI=1S/C20H24N4O2/c25-20(22-14-17-13-15-5-1-2-6-18(15)26-17)23-16-8-11-24(12-9-16)19-7-3-4-10-21-19/h1-7,10,16-17H,8-9,11-14H2,(H2,22,23,25). The third-order valence-electron chi connectivity index (χ3n) is 5.01. The minimum Gasteiger partial charge on any atom is -0.488 e. The largest absolute Gasteiger partial charge is 0.488 e. The first-order chi connectivity index (χ1) is 12.8. The number of amides is 2. The summed E-state index contributed by atoms with van der Waals surface area (Å²) in [5, 5.41) is 6.03. The highest BCUT2D eigenvalue weighted by atomic mass is 16.5. The van der Waals surface area contributed by atoms with Gasteiger partial charge in [0.25, 0.3) is 0 Å². The normalized spacial score (nSPS) is 19.5. The van der Waals surface area contributed by atoms with Crippen LogP contribution in [0, 0.1) is 0 Å². The summed E-state index contributed by atoms with van der Waals surface area (Å²) in [4.78, 5) is 18.8. The number of hydrogen-bond acceptors (Lipinski definition) is 4. The summed E-state index contributed by atoms with van der Waals surface area (Å²) in [6, 6.07) is 14.1. The second kappa shape index (κ2) is 7.64. The van der Waals surface area contributed by atoms with E-state index in [0.717, 1.165) is 43.9 Å². The van der Waals surface area contributed by atoms with Crippen LogP contribution in [0.2, 0.25) is 0 Å². The van der Waals surface area contributed by atoms with E-state index in [4.69, 9.17) is 4.74 Å². The lowest BCUT2D eigenvalue weighted by atomic mass is 10.1. The highest BCUT2D eigenvalue weighted by Crippen LogP contribution is 2.27. The number of hydrogen-bond donors (Lipinski definition) is 2. The Kier molecular flexibility index (Phi) is 4.91. The van der Waals surface area contributed by atoms with Crippen molar-refractivity contribution in [3.63, 3.8) is 0 Å². The number of benzene rings is 1. The van der Waals surface area contributed by atoms with Crippen LogP contribution in [0.5, 0.6) is 5.75 Å². The number of carbonyl (C=O) groups excluding carboxylic acids is 1. The summed E-state index contributed by atoms with van der Waals surface area (Å²) in [6.45, 7) is 2.33. The van der Waals surface area contributed by atoms with Gasteiger partial charge in [0.2, 0.25) is 0 Å². The van der Waals surface area contributed by atoms with E-state index >= 15 is 0 Å².